The van der Waals surface area contributed by atoms with Crippen molar-refractivity contribution >= 4 is 22.7 Å². The minimum atomic E-state index is -0.0335. The first kappa shape index (κ1) is 18.3. The van der Waals surface area contributed by atoms with Crippen molar-refractivity contribution in [3.8, 4) is 0 Å². The minimum Gasteiger partial charge on any atom is -0.351 e. The molecule has 2 heterocycles. The number of aromatic nitrogens is 1. The van der Waals surface area contributed by atoms with Gasteiger partial charge in [-0.1, -0.05) is 29.8 Å². The zero-order chi connectivity index (χ0) is 19.7. The van der Waals surface area contributed by atoms with Crippen molar-refractivity contribution in [1.82, 2.24) is 15.2 Å². The predicted molar refractivity (Wildman–Crippen MR) is 111 cm³/mol. The van der Waals surface area contributed by atoms with E-state index in [9.17, 15) is 9.59 Å². The Bertz CT molecular complexity index is 1030. The van der Waals surface area contributed by atoms with Gasteiger partial charge in [-0.2, -0.15) is 0 Å². The Kier molecular flexibility index (Phi) is 4.90. The van der Waals surface area contributed by atoms with Crippen molar-refractivity contribution in [3.63, 3.8) is 0 Å². The summed E-state index contributed by atoms with van der Waals surface area (Å²) in [5.74, 6) is -0.00797. The van der Waals surface area contributed by atoms with Crippen LogP contribution in [0.5, 0.6) is 0 Å². The van der Waals surface area contributed by atoms with Crippen LogP contribution in [0.25, 0.3) is 10.9 Å². The van der Waals surface area contributed by atoms with Gasteiger partial charge in [0, 0.05) is 35.6 Å². The number of carbonyl (C=O) groups is 2. The van der Waals surface area contributed by atoms with Crippen molar-refractivity contribution in [1.29, 1.82) is 0 Å². The maximum absolute atomic E-state index is 12.9. The van der Waals surface area contributed by atoms with E-state index in [1.54, 1.807) is 0 Å². The lowest BCUT2D eigenvalue weighted by Crippen LogP contribution is -2.46. The fraction of sp³-hybridized carbons (Fsp3) is 0.304. The average Bonchev–Trinajstić information content (AvgIpc) is 3.11. The van der Waals surface area contributed by atoms with Gasteiger partial charge in [0.25, 0.3) is 11.8 Å². The number of likely N-dealkylation sites (tertiary alicyclic amines) is 1. The van der Waals surface area contributed by atoms with Crippen LogP contribution in [0.2, 0.25) is 0 Å². The number of hydrogen-bond acceptors (Lipinski definition) is 2. The van der Waals surface area contributed by atoms with Crippen LogP contribution >= 0.6 is 0 Å². The van der Waals surface area contributed by atoms with Gasteiger partial charge >= 0.3 is 0 Å². The molecule has 1 aliphatic rings. The third-order valence-corrected chi connectivity index (χ3v) is 5.51. The second-order valence-electron chi connectivity index (χ2n) is 7.63. The normalized spacial score (nSPS) is 15.0. The summed E-state index contributed by atoms with van der Waals surface area (Å²) in [4.78, 5) is 30.5. The van der Waals surface area contributed by atoms with Crippen LogP contribution in [-0.4, -0.2) is 40.8 Å². The molecule has 1 fully saturated rings. The summed E-state index contributed by atoms with van der Waals surface area (Å²) in [5, 5.41) is 4.18. The third kappa shape index (κ3) is 3.65. The number of rotatable bonds is 3. The lowest BCUT2D eigenvalue weighted by atomic mass is 10.0. The van der Waals surface area contributed by atoms with Gasteiger partial charge in [-0.15, -0.1) is 0 Å². The second-order valence-corrected chi connectivity index (χ2v) is 7.63. The SMILES string of the molecule is Cc1ccc2[nH]c(C(=O)N3CCC(NC(=O)c4ccccc4C)CC3)cc2c1. The van der Waals surface area contributed by atoms with E-state index >= 15 is 0 Å². The number of H-pyrrole nitrogens is 1. The maximum Gasteiger partial charge on any atom is 0.270 e. The molecule has 0 aliphatic carbocycles. The Hall–Kier alpha value is -3.08. The summed E-state index contributed by atoms with van der Waals surface area (Å²) in [6, 6.07) is 15.8. The second kappa shape index (κ2) is 7.50. The number of nitrogens with zero attached hydrogens (tertiary/aromatic N) is 1. The fourth-order valence-corrected chi connectivity index (χ4v) is 3.86. The van der Waals surface area contributed by atoms with Crippen molar-refractivity contribution in [2.45, 2.75) is 32.7 Å². The molecule has 5 heteroatoms. The summed E-state index contributed by atoms with van der Waals surface area (Å²) in [6.45, 7) is 5.28. The van der Waals surface area contributed by atoms with E-state index in [4.69, 9.17) is 0 Å². The molecule has 0 bridgehead atoms. The molecule has 5 nitrogen and oxygen atoms in total. The van der Waals surface area contributed by atoms with E-state index in [0.29, 0.717) is 18.8 Å². The van der Waals surface area contributed by atoms with E-state index < -0.39 is 0 Å². The van der Waals surface area contributed by atoms with E-state index in [-0.39, 0.29) is 17.9 Å². The number of fused-ring (bicyclic) bond motifs is 1. The van der Waals surface area contributed by atoms with E-state index in [0.717, 1.165) is 34.9 Å². The molecule has 0 atom stereocenters. The zero-order valence-corrected chi connectivity index (χ0v) is 16.3. The first-order valence-electron chi connectivity index (χ1n) is 9.76. The average molecular weight is 375 g/mol. The summed E-state index contributed by atoms with van der Waals surface area (Å²) < 4.78 is 0. The molecule has 0 radical (unpaired) electrons. The van der Waals surface area contributed by atoms with Crippen LogP contribution < -0.4 is 5.32 Å². The van der Waals surface area contributed by atoms with Gasteiger partial charge in [-0.3, -0.25) is 9.59 Å². The van der Waals surface area contributed by atoms with Crippen LogP contribution in [0.4, 0.5) is 0 Å². The molecule has 0 saturated carbocycles. The smallest absolute Gasteiger partial charge is 0.270 e. The Morgan fingerprint density at radius 3 is 2.54 bits per heavy atom. The van der Waals surface area contributed by atoms with Gasteiger partial charge < -0.3 is 15.2 Å². The molecule has 1 saturated heterocycles. The van der Waals surface area contributed by atoms with Crippen LogP contribution in [0.3, 0.4) is 0 Å². The molecule has 0 spiro atoms. The lowest BCUT2D eigenvalue weighted by Gasteiger charge is -2.32. The summed E-state index contributed by atoms with van der Waals surface area (Å²) in [5.41, 5.74) is 4.48. The highest BCUT2D eigenvalue weighted by molar-refractivity contribution is 5.98. The van der Waals surface area contributed by atoms with Crippen LogP contribution in [0.1, 0.15) is 44.8 Å². The zero-order valence-electron chi connectivity index (χ0n) is 16.3. The number of amides is 2. The number of carbonyl (C=O) groups excluding carboxylic acids is 2. The molecular weight excluding hydrogens is 350 g/mol. The first-order chi connectivity index (χ1) is 13.5. The van der Waals surface area contributed by atoms with Crippen molar-refractivity contribution < 1.29 is 9.59 Å². The number of hydrogen-bond donors (Lipinski definition) is 2. The molecule has 2 aromatic carbocycles. The highest BCUT2D eigenvalue weighted by Crippen LogP contribution is 2.20. The Morgan fingerprint density at radius 2 is 1.79 bits per heavy atom. The highest BCUT2D eigenvalue weighted by Gasteiger charge is 2.26. The van der Waals surface area contributed by atoms with Crippen molar-refractivity contribution in [2.24, 2.45) is 0 Å². The Balaban J connectivity index is 1.37. The molecule has 0 unspecified atom stereocenters. The van der Waals surface area contributed by atoms with Gasteiger partial charge in [0.2, 0.25) is 0 Å². The van der Waals surface area contributed by atoms with Crippen molar-refractivity contribution in [2.75, 3.05) is 13.1 Å². The first-order valence-corrected chi connectivity index (χ1v) is 9.76. The predicted octanol–water partition coefficient (Wildman–Crippen LogP) is 3.82. The number of nitrogens with one attached hydrogen (secondary N) is 2. The monoisotopic (exact) mass is 375 g/mol. The van der Waals surface area contributed by atoms with Crippen LogP contribution in [0, 0.1) is 13.8 Å². The Morgan fingerprint density at radius 1 is 1.04 bits per heavy atom. The largest absolute Gasteiger partial charge is 0.351 e. The molecule has 1 aliphatic heterocycles. The van der Waals surface area contributed by atoms with Gasteiger partial charge in [0.05, 0.1) is 0 Å². The molecule has 2 amide bonds. The van der Waals surface area contributed by atoms with Crippen LogP contribution in [0.15, 0.2) is 48.5 Å². The number of benzene rings is 2. The summed E-state index contributed by atoms with van der Waals surface area (Å²) >= 11 is 0. The molecular formula is C23H25N3O2. The molecule has 3 aromatic rings. The molecule has 2 N–H and O–H groups in total. The van der Waals surface area contributed by atoms with Gasteiger partial charge in [-0.25, -0.2) is 0 Å². The van der Waals surface area contributed by atoms with Gasteiger partial charge in [0.15, 0.2) is 0 Å². The third-order valence-electron chi connectivity index (χ3n) is 5.51. The number of aryl methyl sites for hydroxylation is 2. The topological polar surface area (TPSA) is 65.2 Å². The molecule has 144 valence electrons. The lowest BCUT2D eigenvalue weighted by molar-refractivity contribution is 0.0693. The van der Waals surface area contributed by atoms with Crippen molar-refractivity contribution in [3.05, 3.63) is 70.9 Å². The molecule has 1 aromatic heterocycles. The molecule has 4 rings (SSSR count). The summed E-state index contributed by atoms with van der Waals surface area (Å²) in [6.07, 6.45) is 1.53. The number of piperidine rings is 1. The van der Waals surface area contributed by atoms with Gasteiger partial charge in [-0.05, 0) is 56.5 Å². The standard InChI is InChI=1S/C23H25N3O2/c1-15-7-8-20-17(13-15)14-21(25-20)23(28)26-11-9-18(10-12-26)24-22(27)19-6-4-3-5-16(19)2/h3-8,13-14,18,25H,9-12H2,1-2H3,(H,24,27). The van der Waals surface area contributed by atoms with E-state index in [1.807, 2.05) is 61.2 Å². The van der Waals surface area contributed by atoms with E-state index in [1.165, 1.54) is 5.56 Å². The molecule has 28 heavy (non-hydrogen) atoms. The summed E-state index contributed by atoms with van der Waals surface area (Å²) in [7, 11) is 0. The minimum absolute atomic E-state index is 0.0255. The Labute approximate surface area is 164 Å². The van der Waals surface area contributed by atoms with Crippen LogP contribution in [-0.2, 0) is 0 Å². The fourth-order valence-electron chi connectivity index (χ4n) is 3.86. The quantitative estimate of drug-likeness (QED) is 0.731. The van der Waals surface area contributed by atoms with E-state index in [2.05, 4.69) is 16.4 Å². The number of aromatic amines is 1. The van der Waals surface area contributed by atoms with Gasteiger partial charge in [0.1, 0.15) is 5.69 Å². The highest BCUT2D eigenvalue weighted by atomic mass is 16.2. The maximum atomic E-state index is 12.9.